The van der Waals surface area contributed by atoms with Crippen LogP contribution in [0, 0.1) is 11.3 Å². The molecule has 2 atom stereocenters. The number of likely N-dealkylation sites (N-methyl/N-ethyl adjacent to an activating group) is 1. The molecule has 0 aromatic rings. The van der Waals surface area contributed by atoms with Crippen LogP contribution in [0.1, 0.15) is 47.5 Å². The molecule has 0 saturated carbocycles. The maximum absolute atomic E-state index is 12.3. The van der Waals surface area contributed by atoms with Crippen LogP contribution in [0.2, 0.25) is 0 Å². The minimum absolute atomic E-state index is 0. The van der Waals surface area contributed by atoms with Crippen molar-refractivity contribution >= 4 is 24.2 Å². The molecule has 1 aliphatic rings. The van der Waals surface area contributed by atoms with Gasteiger partial charge in [0, 0.05) is 31.1 Å². The summed E-state index contributed by atoms with van der Waals surface area (Å²) >= 11 is 0. The smallest absolute Gasteiger partial charge is 0.227 e. The molecule has 2 amide bonds. The molecule has 0 spiro atoms. The van der Waals surface area contributed by atoms with Crippen molar-refractivity contribution in [1.29, 1.82) is 0 Å². The van der Waals surface area contributed by atoms with Gasteiger partial charge in [-0.15, -0.1) is 12.4 Å². The fourth-order valence-corrected chi connectivity index (χ4v) is 2.67. The quantitative estimate of drug-likeness (QED) is 0.806. The summed E-state index contributed by atoms with van der Waals surface area (Å²) in [6.07, 6.45) is 1.78. The van der Waals surface area contributed by atoms with Crippen molar-refractivity contribution in [2.24, 2.45) is 11.3 Å². The zero-order chi connectivity index (χ0) is 16.0. The number of nitrogens with one attached hydrogen (secondary N) is 2. The van der Waals surface area contributed by atoms with Crippen LogP contribution in [0.5, 0.6) is 0 Å². The number of amides is 2. The molecule has 1 aliphatic heterocycles. The summed E-state index contributed by atoms with van der Waals surface area (Å²) in [4.78, 5) is 26.4. The number of hydrogen-bond acceptors (Lipinski definition) is 3. The normalized spacial score (nSPS) is 20.0. The first-order chi connectivity index (χ1) is 9.75. The first kappa shape index (κ1) is 21.2. The van der Waals surface area contributed by atoms with E-state index in [1.165, 1.54) is 0 Å². The molecule has 0 radical (unpaired) electrons. The van der Waals surface area contributed by atoms with E-state index < -0.39 is 0 Å². The third kappa shape index (κ3) is 6.53. The first-order valence-corrected chi connectivity index (χ1v) is 8.06. The number of halogens is 1. The molecule has 1 saturated heterocycles. The van der Waals surface area contributed by atoms with Crippen LogP contribution in [0.3, 0.4) is 0 Å². The Hall–Kier alpha value is -0.810. The van der Waals surface area contributed by atoms with Crippen LogP contribution in [0.15, 0.2) is 0 Å². The summed E-state index contributed by atoms with van der Waals surface area (Å²) in [7, 11) is 0. The summed E-state index contributed by atoms with van der Waals surface area (Å²) in [5.41, 5.74) is -0.377. The Morgan fingerprint density at radius 3 is 2.50 bits per heavy atom. The Balaban J connectivity index is 0.00000441. The fourth-order valence-electron chi connectivity index (χ4n) is 2.67. The van der Waals surface area contributed by atoms with E-state index in [-0.39, 0.29) is 41.6 Å². The molecule has 0 aliphatic carbocycles. The standard InChI is InChI=1S/C16H31N3O2.ClH/c1-6-17-12(2)10-18-14(20)13-8-7-9-19(11-13)15(21)16(3,4)5;/h12-13,17H,6-11H2,1-5H3,(H,18,20);1H/t12-,13?;/m1./s1. The monoisotopic (exact) mass is 333 g/mol. The van der Waals surface area contributed by atoms with Crippen LogP contribution in [0.25, 0.3) is 0 Å². The number of likely N-dealkylation sites (tertiary alicyclic amines) is 1. The van der Waals surface area contributed by atoms with Gasteiger partial charge in [0.25, 0.3) is 0 Å². The van der Waals surface area contributed by atoms with E-state index in [0.29, 0.717) is 13.1 Å². The fraction of sp³-hybridized carbons (Fsp3) is 0.875. The van der Waals surface area contributed by atoms with E-state index in [1.807, 2.05) is 25.7 Å². The molecule has 0 aromatic carbocycles. The van der Waals surface area contributed by atoms with Crippen LogP contribution >= 0.6 is 12.4 Å². The Bertz CT molecular complexity index is 369. The van der Waals surface area contributed by atoms with Gasteiger partial charge in [0.05, 0.1) is 5.92 Å². The number of hydrogen-bond donors (Lipinski definition) is 2. The molecular weight excluding hydrogens is 302 g/mol. The van der Waals surface area contributed by atoms with Crippen LogP contribution in [0.4, 0.5) is 0 Å². The highest BCUT2D eigenvalue weighted by Gasteiger charge is 2.33. The molecule has 0 bridgehead atoms. The summed E-state index contributed by atoms with van der Waals surface area (Å²) < 4.78 is 0. The largest absolute Gasteiger partial charge is 0.354 e. The van der Waals surface area contributed by atoms with Crippen molar-refractivity contribution in [3.8, 4) is 0 Å². The van der Waals surface area contributed by atoms with E-state index >= 15 is 0 Å². The predicted octanol–water partition coefficient (Wildman–Crippen LogP) is 1.81. The summed E-state index contributed by atoms with van der Waals surface area (Å²) in [6.45, 7) is 12.7. The third-order valence-electron chi connectivity index (χ3n) is 3.86. The van der Waals surface area contributed by atoms with E-state index in [0.717, 1.165) is 25.9 Å². The van der Waals surface area contributed by atoms with Gasteiger partial charge in [0.1, 0.15) is 0 Å². The van der Waals surface area contributed by atoms with E-state index in [1.54, 1.807) is 0 Å². The maximum atomic E-state index is 12.3. The van der Waals surface area contributed by atoms with Crippen molar-refractivity contribution in [3.63, 3.8) is 0 Å². The minimum atomic E-state index is -0.377. The molecule has 130 valence electrons. The molecular formula is C16H32ClN3O2. The molecule has 0 aromatic heterocycles. The topological polar surface area (TPSA) is 61.4 Å². The van der Waals surface area contributed by atoms with E-state index in [9.17, 15) is 9.59 Å². The highest BCUT2D eigenvalue weighted by Crippen LogP contribution is 2.23. The summed E-state index contributed by atoms with van der Waals surface area (Å²) in [5.74, 6) is 0.144. The Kier molecular flexibility index (Phi) is 9.01. The number of piperidine rings is 1. The second kappa shape index (κ2) is 9.36. The van der Waals surface area contributed by atoms with Gasteiger partial charge >= 0.3 is 0 Å². The second-order valence-electron chi connectivity index (χ2n) is 7.04. The molecule has 1 fully saturated rings. The predicted molar refractivity (Wildman–Crippen MR) is 92.2 cm³/mol. The average molecular weight is 334 g/mol. The highest BCUT2D eigenvalue weighted by molar-refractivity contribution is 5.85. The molecule has 1 heterocycles. The lowest BCUT2D eigenvalue weighted by molar-refractivity contribution is -0.142. The van der Waals surface area contributed by atoms with Gasteiger partial charge in [-0.2, -0.15) is 0 Å². The number of carbonyl (C=O) groups is 2. The molecule has 2 N–H and O–H groups in total. The molecule has 22 heavy (non-hydrogen) atoms. The summed E-state index contributed by atoms with van der Waals surface area (Å²) in [5, 5.41) is 6.27. The van der Waals surface area contributed by atoms with Crippen molar-refractivity contribution in [1.82, 2.24) is 15.5 Å². The minimum Gasteiger partial charge on any atom is -0.354 e. The molecule has 6 heteroatoms. The average Bonchev–Trinajstić information content (AvgIpc) is 2.43. The zero-order valence-corrected chi connectivity index (χ0v) is 15.4. The summed E-state index contributed by atoms with van der Waals surface area (Å²) in [6, 6.07) is 0.273. The van der Waals surface area contributed by atoms with E-state index in [4.69, 9.17) is 0 Å². The van der Waals surface area contributed by atoms with Gasteiger partial charge in [-0.25, -0.2) is 0 Å². The van der Waals surface area contributed by atoms with Crippen LogP contribution < -0.4 is 10.6 Å². The Morgan fingerprint density at radius 1 is 1.32 bits per heavy atom. The van der Waals surface area contributed by atoms with E-state index in [2.05, 4.69) is 24.5 Å². The molecule has 5 nitrogen and oxygen atoms in total. The van der Waals surface area contributed by atoms with Crippen LogP contribution in [-0.2, 0) is 9.59 Å². The Labute approximate surface area is 141 Å². The first-order valence-electron chi connectivity index (χ1n) is 8.06. The lowest BCUT2D eigenvalue weighted by Crippen LogP contribution is -2.49. The van der Waals surface area contributed by atoms with Gasteiger partial charge in [-0.05, 0) is 26.3 Å². The van der Waals surface area contributed by atoms with Crippen molar-refractivity contribution in [2.75, 3.05) is 26.2 Å². The number of nitrogens with zero attached hydrogens (tertiary/aromatic N) is 1. The lowest BCUT2D eigenvalue weighted by Gasteiger charge is -2.36. The van der Waals surface area contributed by atoms with Gasteiger partial charge in [0.2, 0.25) is 11.8 Å². The lowest BCUT2D eigenvalue weighted by atomic mass is 9.91. The SMILES string of the molecule is CCN[C@H](C)CNC(=O)C1CCCN(C(=O)C(C)(C)C)C1.Cl. The Morgan fingerprint density at radius 2 is 1.95 bits per heavy atom. The van der Waals surface area contributed by atoms with Crippen molar-refractivity contribution in [2.45, 2.75) is 53.5 Å². The van der Waals surface area contributed by atoms with Crippen molar-refractivity contribution in [3.05, 3.63) is 0 Å². The van der Waals surface area contributed by atoms with Crippen LogP contribution in [-0.4, -0.2) is 48.9 Å². The highest BCUT2D eigenvalue weighted by atomic mass is 35.5. The number of rotatable bonds is 5. The second-order valence-corrected chi connectivity index (χ2v) is 7.04. The van der Waals surface area contributed by atoms with Gasteiger partial charge in [-0.3, -0.25) is 9.59 Å². The van der Waals surface area contributed by atoms with Gasteiger partial charge in [0.15, 0.2) is 0 Å². The van der Waals surface area contributed by atoms with Gasteiger partial charge < -0.3 is 15.5 Å². The zero-order valence-electron chi connectivity index (χ0n) is 14.6. The molecule has 1 rings (SSSR count). The maximum Gasteiger partial charge on any atom is 0.227 e. The van der Waals surface area contributed by atoms with Gasteiger partial charge in [-0.1, -0.05) is 27.7 Å². The number of carbonyl (C=O) groups excluding carboxylic acids is 2. The third-order valence-corrected chi connectivity index (χ3v) is 3.86. The molecule has 1 unspecified atom stereocenters. The van der Waals surface area contributed by atoms with Crippen molar-refractivity contribution < 1.29 is 9.59 Å².